The molecule has 0 saturated carbocycles. The fourth-order valence-electron chi connectivity index (χ4n) is 6.69. The lowest BCUT2D eigenvalue weighted by Crippen LogP contribution is -2.16. The van der Waals surface area contributed by atoms with Crippen LogP contribution in [0.3, 0.4) is 0 Å². The van der Waals surface area contributed by atoms with Crippen molar-refractivity contribution in [2.24, 2.45) is 0 Å². The van der Waals surface area contributed by atoms with E-state index in [0.29, 0.717) is 0 Å². The third kappa shape index (κ3) is 3.77. The number of rotatable bonds is 4. The molecule has 0 aliphatic heterocycles. The SMILES string of the molecule is CC1(C)c2ccccc2-c2c(N(c3ccc(-c4ccccc4)cc3)c3ccc4c(c3)oc3cccc(Br)c34)cccc21. The number of anilines is 3. The Hall–Kier alpha value is -4.60. The van der Waals surface area contributed by atoms with Gasteiger partial charge in [-0.2, -0.15) is 0 Å². The summed E-state index contributed by atoms with van der Waals surface area (Å²) in [6, 6.07) is 47.7. The van der Waals surface area contributed by atoms with Gasteiger partial charge < -0.3 is 9.32 Å². The molecule has 1 aliphatic rings. The van der Waals surface area contributed by atoms with E-state index < -0.39 is 0 Å². The highest BCUT2D eigenvalue weighted by molar-refractivity contribution is 9.10. The van der Waals surface area contributed by atoms with E-state index in [-0.39, 0.29) is 5.41 Å². The van der Waals surface area contributed by atoms with Gasteiger partial charge in [-0.3, -0.25) is 0 Å². The van der Waals surface area contributed by atoms with Crippen LogP contribution >= 0.6 is 15.9 Å². The molecular weight excluding hydrogens is 578 g/mol. The maximum atomic E-state index is 6.40. The minimum absolute atomic E-state index is 0.0836. The van der Waals surface area contributed by atoms with Crippen LogP contribution in [-0.2, 0) is 5.41 Å². The first-order valence-corrected chi connectivity index (χ1v) is 15.1. The summed E-state index contributed by atoms with van der Waals surface area (Å²) in [5.74, 6) is 0. The summed E-state index contributed by atoms with van der Waals surface area (Å²) in [5.41, 5.74) is 12.7. The highest BCUT2D eigenvalue weighted by Crippen LogP contribution is 2.54. The van der Waals surface area contributed by atoms with Gasteiger partial charge >= 0.3 is 0 Å². The Bertz CT molecular complexity index is 2120. The second-order valence-corrected chi connectivity index (χ2v) is 12.4. The van der Waals surface area contributed by atoms with Gasteiger partial charge in [-0.1, -0.05) is 115 Å². The van der Waals surface area contributed by atoms with Crippen molar-refractivity contribution in [1.82, 2.24) is 0 Å². The quantitative estimate of drug-likeness (QED) is 0.198. The predicted octanol–water partition coefficient (Wildman–Crippen LogP) is 11.8. The van der Waals surface area contributed by atoms with Crippen LogP contribution in [0.2, 0.25) is 0 Å². The van der Waals surface area contributed by atoms with Gasteiger partial charge in [-0.25, -0.2) is 0 Å². The van der Waals surface area contributed by atoms with Gasteiger partial charge in [-0.15, -0.1) is 0 Å². The fourth-order valence-corrected chi connectivity index (χ4v) is 7.25. The highest BCUT2D eigenvalue weighted by atomic mass is 79.9. The molecule has 0 unspecified atom stereocenters. The Labute approximate surface area is 254 Å². The number of halogens is 1. The van der Waals surface area contributed by atoms with E-state index in [1.54, 1.807) is 0 Å². The number of hydrogen-bond donors (Lipinski definition) is 0. The molecule has 0 spiro atoms. The van der Waals surface area contributed by atoms with E-state index in [2.05, 4.69) is 156 Å². The summed E-state index contributed by atoms with van der Waals surface area (Å²) in [5, 5.41) is 2.21. The highest BCUT2D eigenvalue weighted by Gasteiger charge is 2.37. The van der Waals surface area contributed by atoms with Crippen LogP contribution in [0.1, 0.15) is 25.0 Å². The second-order valence-electron chi connectivity index (χ2n) is 11.5. The number of benzene rings is 6. The third-order valence-electron chi connectivity index (χ3n) is 8.75. The molecule has 1 aliphatic carbocycles. The normalized spacial score (nSPS) is 13.3. The molecule has 8 rings (SSSR count). The number of nitrogens with zero attached hydrogens (tertiary/aromatic N) is 1. The molecule has 0 fully saturated rings. The van der Waals surface area contributed by atoms with Gasteiger partial charge in [0.25, 0.3) is 0 Å². The zero-order valence-corrected chi connectivity index (χ0v) is 25.0. The molecule has 0 N–H and O–H groups in total. The Kier molecular flexibility index (Phi) is 5.67. The monoisotopic (exact) mass is 605 g/mol. The van der Waals surface area contributed by atoms with E-state index in [4.69, 9.17) is 4.42 Å². The third-order valence-corrected chi connectivity index (χ3v) is 9.41. The lowest BCUT2D eigenvalue weighted by atomic mass is 9.82. The molecule has 0 radical (unpaired) electrons. The van der Waals surface area contributed by atoms with Crippen LogP contribution < -0.4 is 4.90 Å². The molecule has 3 heteroatoms. The molecule has 0 bridgehead atoms. The van der Waals surface area contributed by atoms with Crippen LogP contribution in [0.25, 0.3) is 44.2 Å². The van der Waals surface area contributed by atoms with E-state index in [1.807, 2.05) is 12.1 Å². The van der Waals surface area contributed by atoms with Crippen molar-refractivity contribution in [2.75, 3.05) is 4.90 Å². The van der Waals surface area contributed by atoms with E-state index in [9.17, 15) is 0 Å². The molecule has 7 aromatic rings. The van der Waals surface area contributed by atoms with Crippen molar-refractivity contribution in [3.8, 4) is 22.3 Å². The van der Waals surface area contributed by atoms with Crippen molar-refractivity contribution in [3.05, 3.63) is 149 Å². The summed E-state index contributed by atoms with van der Waals surface area (Å²) in [6.07, 6.45) is 0. The molecule has 6 aromatic carbocycles. The average Bonchev–Trinajstić information content (AvgIpc) is 3.51. The summed E-state index contributed by atoms with van der Waals surface area (Å²) in [6.45, 7) is 4.66. The first-order chi connectivity index (χ1) is 20.5. The van der Waals surface area contributed by atoms with Gasteiger partial charge in [-0.05, 0) is 70.3 Å². The van der Waals surface area contributed by atoms with Crippen molar-refractivity contribution in [2.45, 2.75) is 19.3 Å². The topological polar surface area (TPSA) is 16.4 Å². The Morgan fingerprint density at radius 2 is 1.29 bits per heavy atom. The largest absolute Gasteiger partial charge is 0.456 e. The molecule has 0 amide bonds. The van der Waals surface area contributed by atoms with Gasteiger partial charge in [0.05, 0.1) is 5.69 Å². The summed E-state index contributed by atoms with van der Waals surface area (Å²) < 4.78 is 7.44. The van der Waals surface area contributed by atoms with Crippen LogP contribution in [0.4, 0.5) is 17.1 Å². The van der Waals surface area contributed by atoms with E-state index in [1.165, 1.54) is 33.4 Å². The molecule has 0 atom stereocenters. The molecule has 0 saturated heterocycles. The zero-order valence-electron chi connectivity index (χ0n) is 23.4. The van der Waals surface area contributed by atoms with Crippen LogP contribution in [0, 0.1) is 0 Å². The number of fused-ring (bicyclic) bond motifs is 6. The summed E-state index contributed by atoms with van der Waals surface area (Å²) in [4.78, 5) is 2.38. The Morgan fingerprint density at radius 3 is 2.12 bits per heavy atom. The van der Waals surface area contributed by atoms with Gasteiger partial charge in [0.15, 0.2) is 0 Å². The second kappa shape index (κ2) is 9.47. The van der Waals surface area contributed by atoms with Gasteiger partial charge in [0.2, 0.25) is 0 Å². The molecule has 1 heterocycles. The summed E-state index contributed by atoms with van der Waals surface area (Å²) in [7, 11) is 0. The van der Waals surface area contributed by atoms with Crippen LogP contribution in [0.15, 0.2) is 142 Å². The predicted molar refractivity (Wildman–Crippen MR) is 179 cm³/mol. The maximum absolute atomic E-state index is 6.40. The molecule has 2 nitrogen and oxygen atoms in total. The van der Waals surface area contributed by atoms with Crippen molar-refractivity contribution < 1.29 is 4.42 Å². The molecule has 202 valence electrons. The molecular formula is C39H28BrNO. The lowest BCUT2D eigenvalue weighted by molar-refractivity contribution is 0.660. The van der Waals surface area contributed by atoms with Crippen LogP contribution in [0.5, 0.6) is 0 Å². The molecule has 42 heavy (non-hydrogen) atoms. The van der Waals surface area contributed by atoms with Gasteiger partial charge in [0, 0.05) is 43.7 Å². The first kappa shape index (κ1) is 25.1. The smallest absolute Gasteiger partial charge is 0.137 e. The maximum Gasteiger partial charge on any atom is 0.137 e. The number of furan rings is 1. The van der Waals surface area contributed by atoms with Crippen molar-refractivity contribution in [3.63, 3.8) is 0 Å². The Morgan fingerprint density at radius 1 is 0.595 bits per heavy atom. The number of hydrogen-bond acceptors (Lipinski definition) is 2. The average molecular weight is 607 g/mol. The molecule has 1 aromatic heterocycles. The van der Waals surface area contributed by atoms with Crippen LogP contribution in [-0.4, -0.2) is 0 Å². The standard InChI is InChI=1S/C39H28BrNO/c1-39(2)31-13-7-6-12-29(31)37-32(39)14-8-16-34(37)41(27-20-18-26(19-21-27)25-10-4-3-5-11-25)28-22-23-30-36(24-28)42-35-17-9-15-33(40)38(30)35/h3-24H,1-2H3. The van der Waals surface area contributed by atoms with Gasteiger partial charge in [0.1, 0.15) is 11.2 Å². The summed E-state index contributed by atoms with van der Waals surface area (Å²) >= 11 is 3.73. The van der Waals surface area contributed by atoms with Crippen molar-refractivity contribution in [1.29, 1.82) is 0 Å². The minimum Gasteiger partial charge on any atom is -0.456 e. The minimum atomic E-state index is -0.0836. The zero-order chi connectivity index (χ0) is 28.4. The fraction of sp³-hybridized carbons (Fsp3) is 0.0769. The Balaban J connectivity index is 1.37. The van der Waals surface area contributed by atoms with E-state index in [0.717, 1.165) is 43.5 Å². The van der Waals surface area contributed by atoms with Crippen molar-refractivity contribution >= 4 is 54.9 Å². The first-order valence-electron chi connectivity index (χ1n) is 14.3. The lowest BCUT2D eigenvalue weighted by Gasteiger charge is -2.29. The van der Waals surface area contributed by atoms with E-state index >= 15 is 0 Å².